The molecule has 0 spiro atoms. The fraction of sp³-hybridized carbons (Fsp3) is 0.571. The molecule has 4 rings (SSSR count). The first-order valence-electron chi connectivity index (χ1n) is 10.6. The van der Waals surface area contributed by atoms with Gasteiger partial charge in [0.1, 0.15) is 12.1 Å². The van der Waals surface area contributed by atoms with Crippen molar-refractivity contribution >= 4 is 11.8 Å². The fourth-order valence-corrected chi connectivity index (χ4v) is 3.95. The minimum absolute atomic E-state index is 0.240. The highest BCUT2D eigenvalue weighted by molar-refractivity contribution is 5.80. The molecule has 2 aromatic heterocycles. The quantitative estimate of drug-likeness (QED) is 0.578. The average Bonchev–Trinajstić information content (AvgIpc) is 3.28. The second kappa shape index (κ2) is 9.90. The Labute approximate surface area is 177 Å². The molecule has 1 unspecified atom stereocenters. The second-order valence-electron chi connectivity index (χ2n) is 7.80. The third-order valence-electron chi connectivity index (χ3n) is 5.59. The Morgan fingerprint density at radius 3 is 2.83 bits per heavy atom. The Kier molecular flexibility index (Phi) is 6.81. The van der Waals surface area contributed by atoms with Crippen LogP contribution in [-0.4, -0.2) is 84.9 Å². The van der Waals surface area contributed by atoms with E-state index in [9.17, 15) is 0 Å². The molecule has 2 saturated heterocycles. The van der Waals surface area contributed by atoms with E-state index < -0.39 is 0 Å². The number of rotatable bonds is 5. The summed E-state index contributed by atoms with van der Waals surface area (Å²) in [6.07, 6.45) is 3.75. The van der Waals surface area contributed by atoms with E-state index in [0.29, 0.717) is 0 Å². The maximum atomic E-state index is 5.64. The Hall–Kier alpha value is -2.65. The number of piperazine rings is 1. The molecule has 2 fully saturated rings. The van der Waals surface area contributed by atoms with Crippen molar-refractivity contribution in [2.45, 2.75) is 26.1 Å². The number of nitrogens with one attached hydrogen (secondary N) is 1. The van der Waals surface area contributed by atoms with Crippen molar-refractivity contribution in [2.75, 3.05) is 57.8 Å². The van der Waals surface area contributed by atoms with Gasteiger partial charge in [-0.3, -0.25) is 9.89 Å². The summed E-state index contributed by atoms with van der Waals surface area (Å²) < 4.78 is 10.6. The lowest BCUT2D eigenvalue weighted by Gasteiger charge is -2.36. The number of anilines is 1. The highest BCUT2D eigenvalue weighted by atomic mass is 16.5. The molecule has 1 N–H and O–H groups in total. The molecule has 4 heterocycles. The second-order valence-corrected chi connectivity index (χ2v) is 7.80. The van der Waals surface area contributed by atoms with Gasteiger partial charge in [0.05, 0.1) is 18.4 Å². The van der Waals surface area contributed by atoms with Crippen LogP contribution >= 0.6 is 0 Å². The number of nitrogens with zero attached hydrogens (tertiary/aromatic N) is 6. The molecule has 1 atom stereocenters. The summed E-state index contributed by atoms with van der Waals surface area (Å²) >= 11 is 0. The molecular weight excluding hydrogens is 382 g/mol. The first kappa shape index (κ1) is 20.6. The van der Waals surface area contributed by atoms with E-state index in [1.54, 1.807) is 6.26 Å². The number of hydrogen-bond donors (Lipinski definition) is 1. The monoisotopic (exact) mass is 413 g/mol. The van der Waals surface area contributed by atoms with Gasteiger partial charge >= 0.3 is 0 Å². The highest BCUT2D eigenvalue weighted by Crippen LogP contribution is 2.16. The van der Waals surface area contributed by atoms with Crippen molar-refractivity contribution in [2.24, 2.45) is 4.99 Å². The molecule has 30 heavy (non-hydrogen) atoms. The van der Waals surface area contributed by atoms with E-state index in [0.717, 1.165) is 76.4 Å². The van der Waals surface area contributed by atoms with E-state index >= 15 is 0 Å². The molecule has 2 aliphatic heterocycles. The minimum atomic E-state index is 0.240. The first-order valence-corrected chi connectivity index (χ1v) is 10.6. The van der Waals surface area contributed by atoms with Crippen molar-refractivity contribution < 1.29 is 9.26 Å². The largest absolute Gasteiger partial charge is 0.375 e. The van der Waals surface area contributed by atoms with Crippen LogP contribution in [0.25, 0.3) is 0 Å². The Morgan fingerprint density at radius 2 is 2.10 bits per heavy atom. The van der Waals surface area contributed by atoms with Crippen LogP contribution in [0.1, 0.15) is 18.2 Å². The topological polar surface area (TPSA) is 82.3 Å². The number of pyridine rings is 1. The Morgan fingerprint density at radius 1 is 1.23 bits per heavy atom. The predicted molar refractivity (Wildman–Crippen MR) is 115 cm³/mol. The maximum absolute atomic E-state index is 5.64. The SMILES string of the molecule is CN=C(NCc1ccnc(N2CCOC(C)C2)c1)N1CCN(Cc2ccon2)CC1. The number of hydrogen-bond acceptors (Lipinski definition) is 7. The zero-order valence-corrected chi connectivity index (χ0v) is 17.8. The molecule has 0 radical (unpaired) electrons. The summed E-state index contributed by atoms with van der Waals surface area (Å²) in [6.45, 7) is 9.99. The van der Waals surface area contributed by atoms with Crippen molar-refractivity contribution in [1.82, 2.24) is 25.3 Å². The van der Waals surface area contributed by atoms with E-state index in [1.165, 1.54) is 5.56 Å². The molecule has 9 nitrogen and oxygen atoms in total. The zero-order valence-electron chi connectivity index (χ0n) is 17.8. The number of morpholine rings is 1. The molecule has 162 valence electrons. The predicted octanol–water partition coefficient (Wildman–Crippen LogP) is 1.19. The molecule has 0 amide bonds. The number of aliphatic imine (C=N–C) groups is 1. The molecule has 2 aliphatic rings. The summed E-state index contributed by atoms with van der Waals surface area (Å²) in [7, 11) is 1.84. The lowest BCUT2D eigenvalue weighted by molar-refractivity contribution is 0.0529. The van der Waals surface area contributed by atoms with Gasteiger partial charge in [-0.15, -0.1) is 0 Å². The average molecular weight is 414 g/mol. The van der Waals surface area contributed by atoms with E-state index in [1.807, 2.05) is 19.3 Å². The van der Waals surface area contributed by atoms with E-state index in [4.69, 9.17) is 9.26 Å². The van der Waals surface area contributed by atoms with Crippen LogP contribution in [-0.2, 0) is 17.8 Å². The third-order valence-corrected chi connectivity index (χ3v) is 5.59. The van der Waals surface area contributed by atoms with Crippen molar-refractivity contribution in [1.29, 1.82) is 0 Å². The van der Waals surface area contributed by atoms with Crippen molar-refractivity contribution in [3.63, 3.8) is 0 Å². The lowest BCUT2D eigenvalue weighted by atomic mass is 10.2. The fourth-order valence-electron chi connectivity index (χ4n) is 3.95. The smallest absolute Gasteiger partial charge is 0.194 e. The summed E-state index contributed by atoms with van der Waals surface area (Å²) in [4.78, 5) is 16.0. The van der Waals surface area contributed by atoms with Crippen LogP contribution in [0.15, 0.2) is 40.2 Å². The molecule has 0 saturated carbocycles. The normalized spacial score (nSPS) is 21.1. The van der Waals surface area contributed by atoms with Crippen LogP contribution in [0.2, 0.25) is 0 Å². The van der Waals surface area contributed by atoms with Crippen molar-refractivity contribution in [3.8, 4) is 0 Å². The van der Waals surface area contributed by atoms with Gasteiger partial charge in [-0.25, -0.2) is 4.98 Å². The molecule has 0 aromatic carbocycles. The van der Waals surface area contributed by atoms with Crippen LogP contribution in [0.3, 0.4) is 0 Å². The Bertz CT molecular complexity index is 819. The van der Waals surface area contributed by atoms with Crippen LogP contribution < -0.4 is 10.2 Å². The lowest BCUT2D eigenvalue weighted by Crippen LogP contribution is -2.52. The summed E-state index contributed by atoms with van der Waals surface area (Å²) in [5, 5.41) is 7.52. The molecule has 2 aromatic rings. The highest BCUT2D eigenvalue weighted by Gasteiger charge is 2.21. The number of guanidine groups is 1. The van der Waals surface area contributed by atoms with Gasteiger partial charge in [-0.2, -0.15) is 0 Å². The minimum Gasteiger partial charge on any atom is -0.375 e. The van der Waals surface area contributed by atoms with Gasteiger partial charge in [0.25, 0.3) is 0 Å². The molecule has 0 bridgehead atoms. The van der Waals surface area contributed by atoms with Crippen LogP contribution in [0.5, 0.6) is 0 Å². The van der Waals surface area contributed by atoms with Gasteiger partial charge in [-0.05, 0) is 24.6 Å². The maximum Gasteiger partial charge on any atom is 0.194 e. The number of aromatic nitrogens is 2. The number of ether oxygens (including phenoxy) is 1. The van der Waals surface area contributed by atoms with Gasteiger partial charge < -0.3 is 24.4 Å². The summed E-state index contributed by atoms with van der Waals surface area (Å²) in [5.74, 6) is 1.95. The van der Waals surface area contributed by atoms with Crippen LogP contribution in [0.4, 0.5) is 5.82 Å². The van der Waals surface area contributed by atoms with E-state index in [2.05, 4.69) is 54.2 Å². The zero-order chi connectivity index (χ0) is 20.8. The summed E-state index contributed by atoms with van der Waals surface area (Å²) in [5.41, 5.74) is 2.18. The standard InChI is InChI=1S/C21H31N7O2/c1-17-15-28(10-12-29-17)20-13-18(3-5-23-20)14-24-21(22-2)27-8-6-26(7-9-27)16-19-4-11-30-25-19/h3-5,11,13,17H,6-10,12,14-16H2,1-2H3,(H,22,24). The van der Waals surface area contributed by atoms with Gasteiger partial charge in [0.2, 0.25) is 0 Å². The third kappa shape index (κ3) is 5.28. The van der Waals surface area contributed by atoms with Gasteiger partial charge in [-0.1, -0.05) is 5.16 Å². The van der Waals surface area contributed by atoms with Crippen LogP contribution in [0, 0.1) is 0 Å². The van der Waals surface area contributed by atoms with Gasteiger partial charge in [0.15, 0.2) is 5.96 Å². The molecular formula is C21H31N7O2. The van der Waals surface area contributed by atoms with Crippen molar-refractivity contribution in [3.05, 3.63) is 41.9 Å². The summed E-state index contributed by atoms with van der Waals surface area (Å²) in [6, 6.07) is 6.14. The Balaban J connectivity index is 1.28. The van der Waals surface area contributed by atoms with Gasteiger partial charge in [0, 0.05) is 71.7 Å². The van der Waals surface area contributed by atoms with E-state index in [-0.39, 0.29) is 6.10 Å². The molecule has 9 heteroatoms. The molecule has 0 aliphatic carbocycles. The first-order chi connectivity index (χ1) is 14.7.